The summed E-state index contributed by atoms with van der Waals surface area (Å²) in [5.74, 6) is -5.24. The van der Waals surface area contributed by atoms with Gasteiger partial charge in [0.2, 0.25) is 21.8 Å². The molecular formula is C36H45FN6O12S. The average molecular weight is 805 g/mol. The Bertz CT molecular complexity index is 1950. The van der Waals surface area contributed by atoms with E-state index in [0.717, 1.165) is 4.90 Å². The van der Waals surface area contributed by atoms with Crippen LogP contribution < -0.4 is 20.7 Å². The van der Waals surface area contributed by atoms with E-state index in [2.05, 4.69) is 27.3 Å². The summed E-state index contributed by atoms with van der Waals surface area (Å²) in [6.45, 7) is 7.49. The number of halogens is 1. The van der Waals surface area contributed by atoms with Crippen molar-refractivity contribution in [3.8, 4) is 0 Å². The third kappa shape index (κ3) is 8.89. The Morgan fingerprint density at radius 1 is 1.11 bits per heavy atom. The van der Waals surface area contributed by atoms with E-state index in [1.807, 2.05) is 0 Å². The first-order valence-corrected chi connectivity index (χ1v) is 19.8. The number of likely N-dealkylation sites (tertiary alicyclic amines) is 1. The molecule has 0 radical (unpaired) electrons. The molecule has 304 valence electrons. The largest absolute Gasteiger partial charge is 0.452 e. The van der Waals surface area contributed by atoms with Crippen LogP contribution in [0.5, 0.6) is 0 Å². The third-order valence-electron chi connectivity index (χ3n) is 10.2. The zero-order valence-electron chi connectivity index (χ0n) is 31.1. The molecule has 6 rings (SSSR count). The topological polar surface area (TPSA) is 236 Å². The molecule has 1 aromatic rings. The number of nitrogens with zero attached hydrogens (tertiary/aromatic N) is 2. The van der Waals surface area contributed by atoms with E-state index in [9.17, 15) is 46.4 Å². The lowest BCUT2D eigenvalue weighted by Gasteiger charge is -2.30. The number of esters is 1. The number of benzene rings is 1. The molecule has 3 heterocycles. The molecule has 2 saturated heterocycles. The highest BCUT2D eigenvalue weighted by molar-refractivity contribution is 7.91. The molecule has 3 aliphatic heterocycles. The van der Waals surface area contributed by atoms with E-state index in [1.54, 1.807) is 26.8 Å². The van der Waals surface area contributed by atoms with E-state index in [4.69, 9.17) is 14.2 Å². The molecule has 2 aliphatic carbocycles. The van der Waals surface area contributed by atoms with Gasteiger partial charge >= 0.3 is 18.2 Å². The summed E-state index contributed by atoms with van der Waals surface area (Å²) in [6, 6.07) is 1.44. The molecule has 4 fully saturated rings. The van der Waals surface area contributed by atoms with E-state index < -0.39 is 117 Å². The third-order valence-corrected chi connectivity index (χ3v) is 12.0. The first-order chi connectivity index (χ1) is 26.3. The van der Waals surface area contributed by atoms with Crippen molar-refractivity contribution < 1.29 is 60.6 Å². The van der Waals surface area contributed by atoms with Gasteiger partial charge in [0.1, 0.15) is 35.1 Å². The summed E-state index contributed by atoms with van der Waals surface area (Å²) in [5.41, 5.74) is -1.80. The Hall–Kier alpha value is -5.27. The van der Waals surface area contributed by atoms with Crippen LogP contribution >= 0.6 is 0 Å². The standard InChI is InChI=1S/C36H45FN6O12S/c1-5-20-14-36(20,32(48)41-56(51,52)22-9-10-22)40-29(45)26-13-21(53-34(50)42-16-19-7-6-8-24(37)23(19)18-42)17-43(26)31(47)25(39-33(49)55-35(2,3)4)15-38-30(46)27-11-12-28(44)54-27/h5-8,20-22,25-27H,1,9-18H2,2-4H3,(H,38,46)(H,39,49)(H,40,45)(H,41,48)/t20?,21-,25+,26+,27-,36-/m1/s1. The fraction of sp³-hybridized carbons (Fsp3) is 0.583. The maximum absolute atomic E-state index is 14.4. The van der Waals surface area contributed by atoms with Crippen LogP contribution in [0.4, 0.5) is 14.0 Å². The van der Waals surface area contributed by atoms with Crippen molar-refractivity contribution in [3.63, 3.8) is 0 Å². The Balaban J connectivity index is 1.23. The highest BCUT2D eigenvalue weighted by Crippen LogP contribution is 2.45. The number of rotatable bonds is 12. The molecule has 18 nitrogen and oxygen atoms in total. The lowest BCUT2D eigenvalue weighted by atomic mass is 10.1. The van der Waals surface area contributed by atoms with Gasteiger partial charge < -0.3 is 35.1 Å². The molecule has 2 saturated carbocycles. The minimum atomic E-state index is -4.00. The van der Waals surface area contributed by atoms with Gasteiger partial charge in [-0.2, -0.15) is 0 Å². The van der Waals surface area contributed by atoms with Crippen molar-refractivity contribution in [3.05, 3.63) is 47.8 Å². The molecule has 1 unspecified atom stereocenters. The lowest BCUT2D eigenvalue weighted by molar-refractivity contribution is -0.148. The highest BCUT2D eigenvalue weighted by Gasteiger charge is 2.62. The van der Waals surface area contributed by atoms with E-state index in [1.165, 1.54) is 23.1 Å². The van der Waals surface area contributed by atoms with Gasteiger partial charge in [-0.3, -0.25) is 33.6 Å². The van der Waals surface area contributed by atoms with Crippen LogP contribution in [0.2, 0.25) is 0 Å². The highest BCUT2D eigenvalue weighted by atomic mass is 32.2. The van der Waals surface area contributed by atoms with Crippen molar-refractivity contribution in [2.24, 2.45) is 5.92 Å². The van der Waals surface area contributed by atoms with Gasteiger partial charge in [-0.15, -0.1) is 6.58 Å². The van der Waals surface area contributed by atoms with Gasteiger partial charge in [-0.1, -0.05) is 18.2 Å². The van der Waals surface area contributed by atoms with Crippen LogP contribution in [-0.4, -0.2) is 114 Å². The van der Waals surface area contributed by atoms with E-state index in [-0.39, 0.29) is 38.8 Å². The van der Waals surface area contributed by atoms with Crippen LogP contribution in [0.25, 0.3) is 0 Å². The summed E-state index contributed by atoms with van der Waals surface area (Å²) < 4.78 is 57.9. The molecule has 1 aromatic carbocycles. The number of hydrogen-bond donors (Lipinski definition) is 4. The van der Waals surface area contributed by atoms with Crippen LogP contribution in [0.15, 0.2) is 30.9 Å². The average Bonchev–Trinajstić information content (AvgIpc) is 3.94. The number of fused-ring (bicyclic) bond motifs is 1. The normalized spacial score (nSPS) is 26.0. The monoisotopic (exact) mass is 804 g/mol. The fourth-order valence-corrected chi connectivity index (χ4v) is 8.36. The van der Waals surface area contributed by atoms with Crippen molar-refractivity contribution >= 4 is 51.8 Å². The van der Waals surface area contributed by atoms with Gasteiger partial charge in [0.05, 0.1) is 18.3 Å². The molecule has 6 atom stereocenters. The number of amides is 6. The van der Waals surface area contributed by atoms with Crippen LogP contribution in [-0.2, 0) is 61.3 Å². The fourth-order valence-electron chi connectivity index (χ4n) is 7.00. The second kappa shape index (κ2) is 15.3. The first kappa shape index (κ1) is 40.4. The number of carbonyl (C=O) groups is 7. The van der Waals surface area contributed by atoms with Crippen LogP contribution in [0, 0.1) is 11.7 Å². The first-order valence-electron chi connectivity index (χ1n) is 18.3. The summed E-state index contributed by atoms with van der Waals surface area (Å²) in [7, 11) is -4.00. The number of cyclic esters (lactones) is 1. The molecule has 56 heavy (non-hydrogen) atoms. The minimum Gasteiger partial charge on any atom is -0.452 e. The Kier molecular flexibility index (Phi) is 11.1. The summed E-state index contributed by atoms with van der Waals surface area (Å²) >= 11 is 0. The number of ether oxygens (including phenoxy) is 3. The van der Waals surface area contributed by atoms with Crippen LogP contribution in [0.3, 0.4) is 0 Å². The maximum atomic E-state index is 14.4. The van der Waals surface area contributed by atoms with Crippen molar-refractivity contribution in [1.29, 1.82) is 0 Å². The maximum Gasteiger partial charge on any atom is 0.410 e. The molecule has 5 aliphatic rings. The zero-order chi connectivity index (χ0) is 40.7. The summed E-state index contributed by atoms with van der Waals surface area (Å²) in [4.78, 5) is 95.1. The number of hydrogen-bond acceptors (Lipinski definition) is 12. The van der Waals surface area contributed by atoms with Crippen LogP contribution in [0.1, 0.15) is 70.4 Å². The SMILES string of the molecule is C=CC1C[C@]1(NC(=O)[C@@H]1C[C@@H](OC(=O)N2Cc3cccc(F)c3C2)CN1C(=O)[C@H](CNC(=O)[C@H]1CCC(=O)O1)NC(=O)OC(C)(C)C)C(=O)NS(=O)(=O)C1CC1. The van der Waals surface area contributed by atoms with Gasteiger partial charge in [0.15, 0.2) is 6.10 Å². The van der Waals surface area contributed by atoms with Gasteiger partial charge in [0, 0.05) is 43.8 Å². The predicted molar refractivity (Wildman–Crippen MR) is 191 cm³/mol. The number of sulfonamides is 1. The van der Waals surface area contributed by atoms with E-state index >= 15 is 0 Å². The predicted octanol–water partition coefficient (Wildman–Crippen LogP) is 0.632. The van der Waals surface area contributed by atoms with Gasteiger partial charge in [-0.25, -0.2) is 22.4 Å². The quantitative estimate of drug-likeness (QED) is 0.129. The van der Waals surface area contributed by atoms with Gasteiger partial charge in [0.25, 0.3) is 11.8 Å². The Morgan fingerprint density at radius 2 is 1.84 bits per heavy atom. The lowest BCUT2D eigenvalue weighted by Crippen LogP contribution is -2.60. The van der Waals surface area contributed by atoms with Gasteiger partial charge in [-0.05, 0) is 51.7 Å². The molecule has 0 spiro atoms. The molecule has 4 N–H and O–H groups in total. The zero-order valence-corrected chi connectivity index (χ0v) is 31.9. The number of carbonyl (C=O) groups excluding carboxylic acids is 7. The Morgan fingerprint density at radius 3 is 2.45 bits per heavy atom. The molecule has 0 bridgehead atoms. The second-order valence-electron chi connectivity index (χ2n) is 15.6. The summed E-state index contributed by atoms with van der Waals surface area (Å²) in [5, 5.41) is 6.80. The minimum absolute atomic E-state index is 0.0124. The molecular weight excluding hydrogens is 759 g/mol. The Labute approximate surface area is 322 Å². The summed E-state index contributed by atoms with van der Waals surface area (Å²) in [6.07, 6.45) is -2.14. The van der Waals surface area contributed by atoms with E-state index in [0.29, 0.717) is 24.0 Å². The second-order valence-corrected chi connectivity index (χ2v) is 17.6. The molecule has 0 aromatic heterocycles. The molecule has 20 heteroatoms. The number of alkyl carbamates (subject to hydrolysis) is 1. The number of nitrogens with one attached hydrogen (secondary N) is 4. The van der Waals surface area contributed by atoms with Crippen molar-refractivity contribution in [2.75, 3.05) is 13.1 Å². The molecule has 6 amide bonds. The van der Waals surface area contributed by atoms with Crippen molar-refractivity contribution in [1.82, 2.24) is 30.5 Å². The van der Waals surface area contributed by atoms with Crippen molar-refractivity contribution in [2.45, 2.75) is 113 Å². The smallest absolute Gasteiger partial charge is 0.410 e.